The summed E-state index contributed by atoms with van der Waals surface area (Å²) in [5, 5.41) is 0. The molecule has 0 radical (unpaired) electrons. The van der Waals surface area contributed by atoms with Crippen LogP contribution in [0.25, 0.3) is 0 Å². The topological polar surface area (TPSA) is 38.5 Å². The Balaban J connectivity index is 2.21. The third-order valence-electron chi connectivity index (χ3n) is 3.34. The van der Waals surface area contributed by atoms with Crippen LogP contribution < -0.4 is 10.6 Å². The molecule has 0 spiro atoms. The Kier molecular flexibility index (Phi) is 3.64. The lowest BCUT2D eigenvalue weighted by Crippen LogP contribution is -2.31. The number of aryl methyl sites for hydroxylation is 1. The highest BCUT2D eigenvalue weighted by molar-refractivity contribution is 7.80. The van der Waals surface area contributed by atoms with E-state index in [0.717, 1.165) is 30.8 Å². The minimum Gasteiger partial charge on any atom is -0.389 e. The van der Waals surface area contributed by atoms with Crippen molar-refractivity contribution in [3.8, 4) is 0 Å². The summed E-state index contributed by atoms with van der Waals surface area (Å²) in [4.78, 5) is 2.73. The minimum absolute atomic E-state index is 0.459. The van der Waals surface area contributed by atoms with Crippen LogP contribution in [0.2, 0.25) is 0 Å². The predicted octanol–water partition coefficient (Wildman–Crippen LogP) is 1.85. The Morgan fingerprint density at radius 3 is 2.82 bits per heavy atom. The van der Waals surface area contributed by atoms with Crippen molar-refractivity contribution < 1.29 is 4.74 Å². The van der Waals surface area contributed by atoms with Gasteiger partial charge in [-0.25, -0.2) is 0 Å². The van der Waals surface area contributed by atoms with Crippen LogP contribution in [-0.4, -0.2) is 31.3 Å². The lowest BCUT2D eigenvalue weighted by molar-refractivity contribution is 0.193. The molecule has 0 aromatic heterocycles. The maximum Gasteiger partial charge on any atom is 0.104 e. The van der Waals surface area contributed by atoms with E-state index >= 15 is 0 Å². The van der Waals surface area contributed by atoms with Crippen LogP contribution in [0.5, 0.6) is 0 Å². The fraction of sp³-hybridized carbons (Fsp3) is 0.462. The number of nitrogens with two attached hydrogens (primary N) is 1. The Labute approximate surface area is 108 Å². The first-order valence-electron chi connectivity index (χ1n) is 5.80. The fourth-order valence-corrected chi connectivity index (χ4v) is 2.41. The standard InChI is InChI=1S/C13H18N2OS/c1-9-7-10(3-4-12(9)13(14)17)15(2)11-5-6-16-8-11/h3-4,7,11H,5-6,8H2,1-2H3,(H2,14,17). The molecule has 4 heteroatoms. The Morgan fingerprint density at radius 1 is 1.53 bits per heavy atom. The van der Waals surface area contributed by atoms with Gasteiger partial charge in [-0.2, -0.15) is 0 Å². The first-order valence-corrected chi connectivity index (χ1v) is 6.21. The Hall–Kier alpha value is -1.13. The van der Waals surface area contributed by atoms with Crippen molar-refractivity contribution in [2.45, 2.75) is 19.4 Å². The molecular formula is C13H18N2OS. The molecule has 1 aliphatic heterocycles. The highest BCUT2D eigenvalue weighted by atomic mass is 32.1. The highest BCUT2D eigenvalue weighted by Gasteiger charge is 2.20. The molecule has 0 saturated carbocycles. The van der Waals surface area contributed by atoms with Crippen molar-refractivity contribution in [2.75, 3.05) is 25.2 Å². The molecule has 0 aliphatic carbocycles. The summed E-state index contributed by atoms with van der Waals surface area (Å²) in [7, 11) is 2.11. The first kappa shape index (κ1) is 12.3. The maximum atomic E-state index is 5.66. The number of rotatable bonds is 3. The van der Waals surface area contributed by atoms with E-state index < -0.39 is 0 Å². The molecule has 1 aliphatic rings. The van der Waals surface area contributed by atoms with Crippen LogP contribution in [0.3, 0.4) is 0 Å². The van der Waals surface area contributed by atoms with Gasteiger partial charge in [-0.05, 0) is 37.1 Å². The lowest BCUT2D eigenvalue weighted by atomic mass is 10.1. The molecule has 1 heterocycles. The number of anilines is 1. The first-order chi connectivity index (χ1) is 8.09. The molecule has 1 aromatic rings. The summed E-state index contributed by atoms with van der Waals surface area (Å²) in [5.74, 6) is 0. The molecule has 1 fully saturated rings. The second-order valence-electron chi connectivity index (χ2n) is 4.49. The monoisotopic (exact) mass is 250 g/mol. The molecule has 0 amide bonds. The maximum absolute atomic E-state index is 5.66. The van der Waals surface area contributed by atoms with Gasteiger partial charge in [0.05, 0.1) is 12.6 Å². The van der Waals surface area contributed by atoms with Gasteiger partial charge in [0.25, 0.3) is 0 Å². The third-order valence-corrected chi connectivity index (χ3v) is 3.56. The number of thiocarbonyl (C=S) groups is 1. The summed E-state index contributed by atoms with van der Waals surface area (Å²) >= 11 is 5.01. The second kappa shape index (κ2) is 5.02. The number of likely N-dealkylation sites (N-methyl/N-ethyl adjacent to an activating group) is 1. The molecule has 1 unspecified atom stereocenters. The van der Waals surface area contributed by atoms with Crippen LogP contribution in [0.1, 0.15) is 17.5 Å². The van der Waals surface area contributed by atoms with E-state index in [0.29, 0.717) is 11.0 Å². The highest BCUT2D eigenvalue weighted by Crippen LogP contribution is 2.22. The Bertz CT molecular complexity index is 427. The van der Waals surface area contributed by atoms with E-state index in [1.165, 1.54) is 5.69 Å². The van der Waals surface area contributed by atoms with Gasteiger partial charge in [-0.3, -0.25) is 0 Å². The van der Waals surface area contributed by atoms with Gasteiger partial charge in [-0.15, -0.1) is 0 Å². The average Bonchev–Trinajstić information content (AvgIpc) is 2.80. The molecule has 92 valence electrons. The number of nitrogens with zero attached hydrogens (tertiary/aromatic N) is 1. The zero-order chi connectivity index (χ0) is 12.4. The number of hydrogen-bond acceptors (Lipinski definition) is 3. The summed E-state index contributed by atoms with van der Waals surface area (Å²) in [5.41, 5.74) is 8.94. The molecule has 1 saturated heterocycles. The zero-order valence-corrected chi connectivity index (χ0v) is 11.1. The van der Waals surface area contributed by atoms with E-state index in [1.54, 1.807) is 0 Å². The molecule has 2 N–H and O–H groups in total. The van der Waals surface area contributed by atoms with Crippen molar-refractivity contribution in [3.05, 3.63) is 29.3 Å². The lowest BCUT2D eigenvalue weighted by Gasteiger charge is -2.26. The van der Waals surface area contributed by atoms with Gasteiger partial charge in [0.1, 0.15) is 4.99 Å². The average molecular weight is 250 g/mol. The molecule has 17 heavy (non-hydrogen) atoms. The molecule has 1 atom stereocenters. The molecule has 0 bridgehead atoms. The molecule has 2 rings (SSSR count). The van der Waals surface area contributed by atoms with Crippen LogP contribution in [0.4, 0.5) is 5.69 Å². The van der Waals surface area contributed by atoms with Gasteiger partial charge < -0.3 is 15.4 Å². The van der Waals surface area contributed by atoms with Crippen LogP contribution >= 0.6 is 12.2 Å². The summed E-state index contributed by atoms with van der Waals surface area (Å²) in [6.07, 6.45) is 1.09. The van der Waals surface area contributed by atoms with Crippen molar-refractivity contribution >= 4 is 22.9 Å². The van der Waals surface area contributed by atoms with Gasteiger partial charge in [0.2, 0.25) is 0 Å². The van der Waals surface area contributed by atoms with Gasteiger partial charge >= 0.3 is 0 Å². The largest absolute Gasteiger partial charge is 0.389 e. The van der Waals surface area contributed by atoms with Crippen LogP contribution in [0.15, 0.2) is 18.2 Å². The van der Waals surface area contributed by atoms with Crippen LogP contribution in [0, 0.1) is 6.92 Å². The van der Waals surface area contributed by atoms with E-state index in [4.69, 9.17) is 22.7 Å². The van der Waals surface area contributed by atoms with Crippen molar-refractivity contribution in [2.24, 2.45) is 5.73 Å². The van der Waals surface area contributed by atoms with Crippen LogP contribution in [-0.2, 0) is 4.74 Å². The molecule has 1 aromatic carbocycles. The summed E-state index contributed by atoms with van der Waals surface area (Å²) < 4.78 is 5.41. The fourth-order valence-electron chi connectivity index (χ4n) is 2.18. The smallest absolute Gasteiger partial charge is 0.104 e. The van der Waals surface area contributed by atoms with E-state index in [2.05, 4.69) is 24.1 Å². The predicted molar refractivity (Wildman–Crippen MR) is 74.7 cm³/mol. The summed E-state index contributed by atoms with van der Waals surface area (Å²) in [6, 6.07) is 6.68. The summed E-state index contributed by atoms with van der Waals surface area (Å²) in [6.45, 7) is 3.71. The normalized spacial score (nSPS) is 19.3. The SMILES string of the molecule is Cc1cc(N(C)C2CCOC2)ccc1C(N)=S. The van der Waals surface area contributed by atoms with Gasteiger partial charge in [0.15, 0.2) is 0 Å². The quantitative estimate of drug-likeness (QED) is 0.831. The van der Waals surface area contributed by atoms with E-state index in [1.807, 2.05) is 13.0 Å². The van der Waals surface area contributed by atoms with E-state index in [-0.39, 0.29) is 0 Å². The molecular weight excluding hydrogens is 232 g/mol. The Morgan fingerprint density at radius 2 is 2.29 bits per heavy atom. The number of ether oxygens (including phenoxy) is 1. The van der Waals surface area contributed by atoms with Crippen molar-refractivity contribution in [3.63, 3.8) is 0 Å². The molecule has 3 nitrogen and oxygen atoms in total. The van der Waals surface area contributed by atoms with Gasteiger partial charge in [-0.1, -0.05) is 12.2 Å². The second-order valence-corrected chi connectivity index (χ2v) is 4.93. The zero-order valence-electron chi connectivity index (χ0n) is 10.3. The van der Waals surface area contributed by atoms with Crippen molar-refractivity contribution in [1.29, 1.82) is 0 Å². The third kappa shape index (κ3) is 2.58. The van der Waals surface area contributed by atoms with Gasteiger partial charge in [0, 0.05) is 24.9 Å². The number of benzene rings is 1. The van der Waals surface area contributed by atoms with Crippen molar-refractivity contribution in [1.82, 2.24) is 0 Å². The van der Waals surface area contributed by atoms with E-state index in [9.17, 15) is 0 Å². The minimum atomic E-state index is 0.459. The number of hydrogen-bond donors (Lipinski definition) is 1.